The van der Waals surface area contributed by atoms with Crippen molar-refractivity contribution in [2.75, 3.05) is 31.8 Å². The monoisotopic (exact) mass is 332 g/mol. The van der Waals surface area contributed by atoms with Gasteiger partial charge in [0.05, 0.1) is 12.0 Å². The molecule has 0 amide bonds. The molecule has 0 saturated heterocycles. The SMILES string of the molecule is COC1CCC(COCCCSCC(C(=O)O)C(C)C)CC1. The van der Waals surface area contributed by atoms with Gasteiger partial charge in [-0.1, -0.05) is 13.8 Å². The molecule has 0 aromatic rings. The molecule has 1 N–H and O–H groups in total. The second-order valence-electron chi connectivity index (χ2n) is 6.57. The third-order valence-corrected chi connectivity index (χ3v) is 5.65. The van der Waals surface area contributed by atoms with Gasteiger partial charge in [0, 0.05) is 26.1 Å². The third-order valence-electron chi connectivity index (χ3n) is 4.48. The molecule has 1 atom stereocenters. The average Bonchev–Trinajstić information content (AvgIpc) is 2.49. The van der Waals surface area contributed by atoms with E-state index in [0.29, 0.717) is 17.8 Å². The first-order chi connectivity index (χ1) is 10.5. The van der Waals surface area contributed by atoms with Crippen LogP contribution in [-0.4, -0.2) is 49.0 Å². The summed E-state index contributed by atoms with van der Waals surface area (Å²) in [6, 6.07) is 0. The molecule has 1 aliphatic rings. The number of hydrogen-bond acceptors (Lipinski definition) is 4. The van der Waals surface area contributed by atoms with E-state index >= 15 is 0 Å². The fourth-order valence-corrected chi connectivity index (χ4v) is 4.08. The van der Waals surface area contributed by atoms with Gasteiger partial charge in [0.2, 0.25) is 0 Å². The lowest BCUT2D eigenvalue weighted by Crippen LogP contribution is -2.23. The zero-order valence-corrected chi connectivity index (χ0v) is 15.1. The third kappa shape index (κ3) is 7.84. The Labute approximate surface area is 139 Å². The van der Waals surface area contributed by atoms with Crippen LogP contribution in [0.5, 0.6) is 0 Å². The van der Waals surface area contributed by atoms with E-state index in [-0.39, 0.29) is 11.8 Å². The lowest BCUT2D eigenvalue weighted by Gasteiger charge is -2.27. The summed E-state index contributed by atoms with van der Waals surface area (Å²) in [6.45, 7) is 5.60. The number of carboxylic acid groups (broad SMARTS) is 1. The second-order valence-corrected chi connectivity index (χ2v) is 7.72. The van der Waals surface area contributed by atoms with E-state index in [1.54, 1.807) is 18.9 Å². The first kappa shape index (κ1) is 19.8. The Morgan fingerprint density at radius 2 is 1.95 bits per heavy atom. The summed E-state index contributed by atoms with van der Waals surface area (Å²) in [5.74, 6) is 1.66. The maximum absolute atomic E-state index is 11.1. The van der Waals surface area contributed by atoms with Crippen molar-refractivity contribution in [2.24, 2.45) is 17.8 Å². The van der Waals surface area contributed by atoms with Crippen LogP contribution in [0.25, 0.3) is 0 Å². The van der Waals surface area contributed by atoms with E-state index in [4.69, 9.17) is 14.6 Å². The largest absolute Gasteiger partial charge is 0.481 e. The van der Waals surface area contributed by atoms with Crippen molar-refractivity contribution in [3.8, 4) is 0 Å². The molecule has 4 nitrogen and oxygen atoms in total. The molecule has 0 aromatic heterocycles. The number of carbonyl (C=O) groups is 1. The first-order valence-electron chi connectivity index (χ1n) is 8.45. The maximum Gasteiger partial charge on any atom is 0.307 e. The summed E-state index contributed by atoms with van der Waals surface area (Å²) in [5, 5.41) is 9.12. The molecular weight excluding hydrogens is 300 g/mol. The minimum atomic E-state index is -0.676. The number of aliphatic carboxylic acids is 1. The van der Waals surface area contributed by atoms with E-state index in [1.807, 2.05) is 13.8 Å². The van der Waals surface area contributed by atoms with Crippen molar-refractivity contribution in [1.82, 2.24) is 0 Å². The van der Waals surface area contributed by atoms with E-state index in [0.717, 1.165) is 38.2 Å². The van der Waals surface area contributed by atoms with Crippen LogP contribution in [0, 0.1) is 17.8 Å². The molecule has 1 aliphatic carbocycles. The number of rotatable bonds is 11. The average molecular weight is 333 g/mol. The minimum Gasteiger partial charge on any atom is -0.481 e. The molecule has 0 spiro atoms. The highest BCUT2D eigenvalue weighted by Gasteiger charge is 2.21. The van der Waals surface area contributed by atoms with E-state index < -0.39 is 5.97 Å². The predicted molar refractivity (Wildman–Crippen MR) is 91.5 cm³/mol. The van der Waals surface area contributed by atoms with Gasteiger partial charge >= 0.3 is 5.97 Å². The quantitative estimate of drug-likeness (QED) is 0.585. The van der Waals surface area contributed by atoms with Crippen molar-refractivity contribution in [3.63, 3.8) is 0 Å². The Hall–Kier alpha value is -0.260. The summed E-state index contributed by atoms with van der Waals surface area (Å²) in [5.41, 5.74) is 0. The van der Waals surface area contributed by atoms with E-state index in [1.165, 1.54) is 12.8 Å². The Morgan fingerprint density at radius 3 is 2.50 bits per heavy atom. The van der Waals surface area contributed by atoms with Gasteiger partial charge in [-0.05, 0) is 49.7 Å². The lowest BCUT2D eigenvalue weighted by molar-refractivity contribution is -0.142. The molecule has 1 rings (SSSR count). The number of hydrogen-bond donors (Lipinski definition) is 1. The number of carboxylic acids is 1. The molecule has 22 heavy (non-hydrogen) atoms. The summed E-state index contributed by atoms with van der Waals surface area (Å²) >= 11 is 1.73. The van der Waals surface area contributed by atoms with Crippen LogP contribution in [0.1, 0.15) is 46.0 Å². The van der Waals surface area contributed by atoms with Gasteiger partial charge in [-0.3, -0.25) is 4.79 Å². The summed E-state index contributed by atoms with van der Waals surface area (Å²) in [7, 11) is 1.80. The Balaban J connectivity index is 1.97. The Kier molecular flexibility index (Phi) is 10.2. The van der Waals surface area contributed by atoms with Crippen molar-refractivity contribution < 1.29 is 19.4 Å². The highest BCUT2D eigenvalue weighted by molar-refractivity contribution is 7.99. The smallest absolute Gasteiger partial charge is 0.307 e. The van der Waals surface area contributed by atoms with Crippen molar-refractivity contribution in [3.05, 3.63) is 0 Å². The fraction of sp³-hybridized carbons (Fsp3) is 0.941. The van der Waals surface area contributed by atoms with Crippen LogP contribution in [0.15, 0.2) is 0 Å². The van der Waals surface area contributed by atoms with Crippen LogP contribution in [0.4, 0.5) is 0 Å². The molecule has 130 valence electrons. The molecule has 0 radical (unpaired) electrons. The van der Waals surface area contributed by atoms with Gasteiger partial charge in [0.25, 0.3) is 0 Å². The van der Waals surface area contributed by atoms with Crippen LogP contribution in [0.3, 0.4) is 0 Å². The highest BCUT2D eigenvalue weighted by Crippen LogP contribution is 2.26. The van der Waals surface area contributed by atoms with Crippen LogP contribution < -0.4 is 0 Å². The summed E-state index contributed by atoms with van der Waals surface area (Å²) in [4.78, 5) is 11.1. The molecule has 1 saturated carbocycles. The van der Waals surface area contributed by atoms with Gasteiger partial charge in [-0.25, -0.2) is 0 Å². The van der Waals surface area contributed by atoms with Crippen molar-refractivity contribution in [2.45, 2.75) is 52.1 Å². The lowest BCUT2D eigenvalue weighted by atomic mass is 9.88. The number of thioether (sulfide) groups is 1. The summed E-state index contributed by atoms with van der Waals surface area (Å²) in [6.07, 6.45) is 6.20. The van der Waals surface area contributed by atoms with E-state index in [9.17, 15) is 4.79 Å². The summed E-state index contributed by atoms with van der Waals surface area (Å²) < 4.78 is 11.2. The molecule has 0 aromatic carbocycles. The zero-order chi connectivity index (χ0) is 16.4. The highest BCUT2D eigenvalue weighted by atomic mass is 32.2. The standard InChI is InChI=1S/C17H32O4S/c1-13(2)16(17(18)19)12-22-10-4-9-21-11-14-5-7-15(20-3)8-6-14/h13-16H,4-12H2,1-3H3,(H,18,19). The van der Waals surface area contributed by atoms with Crippen LogP contribution in [0.2, 0.25) is 0 Å². The molecule has 0 heterocycles. The van der Waals surface area contributed by atoms with Crippen LogP contribution >= 0.6 is 11.8 Å². The molecule has 5 heteroatoms. The molecule has 1 unspecified atom stereocenters. The van der Waals surface area contributed by atoms with Gasteiger partial charge in [-0.15, -0.1) is 0 Å². The molecular formula is C17H32O4S. The van der Waals surface area contributed by atoms with Crippen LogP contribution in [-0.2, 0) is 14.3 Å². The molecule has 0 bridgehead atoms. The fourth-order valence-electron chi connectivity index (χ4n) is 2.81. The number of methoxy groups -OCH3 is 1. The molecule has 0 aliphatic heterocycles. The zero-order valence-electron chi connectivity index (χ0n) is 14.3. The minimum absolute atomic E-state index is 0.198. The topological polar surface area (TPSA) is 55.8 Å². The maximum atomic E-state index is 11.1. The van der Waals surface area contributed by atoms with Crippen molar-refractivity contribution in [1.29, 1.82) is 0 Å². The van der Waals surface area contributed by atoms with Gasteiger partial charge in [0.1, 0.15) is 0 Å². The van der Waals surface area contributed by atoms with Crippen molar-refractivity contribution >= 4 is 17.7 Å². The predicted octanol–water partition coefficient (Wildman–Crippen LogP) is 3.69. The Bertz CT molecular complexity index is 301. The normalized spacial score (nSPS) is 23.6. The second kappa shape index (κ2) is 11.3. The Morgan fingerprint density at radius 1 is 1.27 bits per heavy atom. The van der Waals surface area contributed by atoms with Gasteiger partial charge in [-0.2, -0.15) is 11.8 Å². The van der Waals surface area contributed by atoms with Gasteiger partial charge in [0.15, 0.2) is 0 Å². The first-order valence-corrected chi connectivity index (χ1v) is 9.61. The molecule has 1 fully saturated rings. The van der Waals surface area contributed by atoms with Gasteiger partial charge < -0.3 is 14.6 Å². The number of ether oxygens (including phenoxy) is 2. The van der Waals surface area contributed by atoms with E-state index in [2.05, 4.69) is 0 Å².